The highest BCUT2D eigenvalue weighted by Gasteiger charge is 2.27. The van der Waals surface area contributed by atoms with Gasteiger partial charge >= 0.3 is 5.97 Å². The van der Waals surface area contributed by atoms with Crippen LogP contribution in [0.5, 0.6) is 0 Å². The number of carboxylic acids is 1. The van der Waals surface area contributed by atoms with Crippen molar-refractivity contribution in [2.45, 2.75) is 47.5 Å². The Morgan fingerprint density at radius 2 is 1.77 bits per heavy atom. The van der Waals surface area contributed by atoms with Gasteiger partial charge in [0, 0.05) is 6.42 Å². The molecule has 0 fully saturated rings. The van der Waals surface area contributed by atoms with Crippen molar-refractivity contribution >= 4 is 5.97 Å². The van der Waals surface area contributed by atoms with Crippen molar-refractivity contribution in [1.29, 1.82) is 0 Å². The summed E-state index contributed by atoms with van der Waals surface area (Å²) in [5.74, 6) is 0.359. The highest BCUT2D eigenvalue weighted by molar-refractivity contribution is 5.66. The first-order chi connectivity index (χ1) is 5.75. The Labute approximate surface area is 81.3 Å². The minimum atomic E-state index is -0.685. The molecule has 2 nitrogen and oxygen atoms in total. The summed E-state index contributed by atoms with van der Waals surface area (Å²) >= 11 is 0. The first kappa shape index (κ1) is 12.5. The van der Waals surface area contributed by atoms with Crippen LogP contribution in [-0.2, 0) is 4.79 Å². The Balaban J connectivity index is 4.20. The average molecular weight is 186 g/mol. The van der Waals surface area contributed by atoms with Crippen LogP contribution in [0.3, 0.4) is 0 Å². The fourth-order valence-electron chi connectivity index (χ4n) is 2.05. The summed E-state index contributed by atoms with van der Waals surface area (Å²) < 4.78 is 0. The summed E-state index contributed by atoms with van der Waals surface area (Å²) in [4.78, 5) is 10.5. The lowest BCUT2D eigenvalue weighted by molar-refractivity contribution is -0.137. The largest absolute Gasteiger partial charge is 0.481 e. The molecular formula is C11H22O2. The molecule has 0 saturated carbocycles. The van der Waals surface area contributed by atoms with Gasteiger partial charge in [0.2, 0.25) is 0 Å². The summed E-state index contributed by atoms with van der Waals surface area (Å²) in [5, 5.41) is 8.61. The van der Waals surface area contributed by atoms with Crippen LogP contribution in [-0.4, -0.2) is 11.1 Å². The molecule has 0 aliphatic carbocycles. The molecule has 2 heteroatoms. The molecule has 0 aromatic rings. The second-order valence-corrected chi connectivity index (χ2v) is 5.15. The highest BCUT2D eigenvalue weighted by atomic mass is 16.4. The molecule has 1 unspecified atom stereocenters. The topological polar surface area (TPSA) is 37.3 Å². The van der Waals surface area contributed by atoms with Crippen molar-refractivity contribution < 1.29 is 9.90 Å². The molecule has 0 aliphatic heterocycles. The molecule has 1 atom stereocenters. The van der Waals surface area contributed by atoms with Crippen molar-refractivity contribution in [2.75, 3.05) is 0 Å². The van der Waals surface area contributed by atoms with Gasteiger partial charge in [0.15, 0.2) is 0 Å². The van der Waals surface area contributed by atoms with Crippen LogP contribution in [0.25, 0.3) is 0 Å². The van der Waals surface area contributed by atoms with Crippen LogP contribution < -0.4 is 0 Å². The molecule has 78 valence electrons. The summed E-state index contributed by atoms with van der Waals surface area (Å²) in [6.07, 6.45) is 1.08. The Morgan fingerprint density at radius 1 is 1.31 bits per heavy atom. The third-order valence-electron chi connectivity index (χ3n) is 2.59. The number of carbonyl (C=O) groups is 1. The minimum absolute atomic E-state index is 0.212. The standard InChI is InChI=1S/C11H22O2/c1-8(2)9(11(3,4)5)6-7-10(12)13/h8-9H,6-7H2,1-5H3,(H,12,13). The predicted octanol–water partition coefficient (Wildman–Crippen LogP) is 3.17. The van der Waals surface area contributed by atoms with Crippen LogP contribution >= 0.6 is 0 Å². The molecule has 0 spiro atoms. The fourth-order valence-corrected chi connectivity index (χ4v) is 2.05. The lowest BCUT2D eigenvalue weighted by Crippen LogP contribution is -2.26. The molecule has 0 saturated heterocycles. The quantitative estimate of drug-likeness (QED) is 0.732. The number of aliphatic carboxylic acids is 1. The SMILES string of the molecule is CC(C)C(CCC(=O)O)C(C)(C)C. The molecular weight excluding hydrogens is 164 g/mol. The minimum Gasteiger partial charge on any atom is -0.481 e. The second-order valence-electron chi connectivity index (χ2n) is 5.15. The van der Waals surface area contributed by atoms with Crippen molar-refractivity contribution in [2.24, 2.45) is 17.3 Å². The van der Waals surface area contributed by atoms with Gasteiger partial charge in [0.25, 0.3) is 0 Å². The second kappa shape index (κ2) is 4.64. The van der Waals surface area contributed by atoms with Gasteiger partial charge in [-0.3, -0.25) is 4.79 Å². The summed E-state index contributed by atoms with van der Waals surface area (Å²) in [7, 11) is 0. The summed E-state index contributed by atoms with van der Waals surface area (Å²) in [6.45, 7) is 10.9. The Bertz CT molecular complexity index is 165. The maximum Gasteiger partial charge on any atom is 0.303 e. The van der Waals surface area contributed by atoms with E-state index in [0.717, 1.165) is 6.42 Å². The van der Waals surface area contributed by atoms with Crippen LogP contribution in [0.15, 0.2) is 0 Å². The van der Waals surface area contributed by atoms with Gasteiger partial charge in [0.05, 0.1) is 0 Å². The molecule has 0 radical (unpaired) electrons. The van der Waals surface area contributed by atoms with Gasteiger partial charge in [-0.05, 0) is 23.7 Å². The molecule has 13 heavy (non-hydrogen) atoms. The number of carboxylic acid groups (broad SMARTS) is 1. The summed E-state index contributed by atoms with van der Waals surface area (Å²) in [6, 6.07) is 0. The van der Waals surface area contributed by atoms with Gasteiger partial charge in [0.1, 0.15) is 0 Å². The third-order valence-corrected chi connectivity index (χ3v) is 2.59. The van der Waals surface area contributed by atoms with E-state index in [1.807, 2.05) is 0 Å². The molecule has 0 aliphatic rings. The van der Waals surface area contributed by atoms with Crippen molar-refractivity contribution in [1.82, 2.24) is 0 Å². The first-order valence-corrected chi connectivity index (χ1v) is 4.97. The zero-order valence-electron chi connectivity index (χ0n) is 9.42. The molecule has 0 aromatic heterocycles. The molecule has 1 N–H and O–H groups in total. The van der Waals surface area contributed by atoms with E-state index in [9.17, 15) is 4.79 Å². The van der Waals surface area contributed by atoms with E-state index in [1.165, 1.54) is 0 Å². The maximum absolute atomic E-state index is 10.5. The van der Waals surface area contributed by atoms with E-state index in [0.29, 0.717) is 18.3 Å². The van der Waals surface area contributed by atoms with E-state index < -0.39 is 5.97 Å². The zero-order valence-corrected chi connectivity index (χ0v) is 9.42. The highest BCUT2D eigenvalue weighted by Crippen LogP contribution is 2.35. The monoisotopic (exact) mass is 186 g/mol. The normalized spacial score (nSPS) is 14.6. The lowest BCUT2D eigenvalue weighted by atomic mass is 9.72. The maximum atomic E-state index is 10.5. The van der Waals surface area contributed by atoms with Gasteiger partial charge in [-0.1, -0.05) is 34.6 Å². The van der Waals surface area contributed by atoms with Gasteiger partial charge in [-0.25, -0.2) is 0 Å². The molecule has 0 aromatic carbocycles. The van der Waals surface area contributed by atoms with Crippen LogP contribution in [0.1, 0.15) is 47.5 Å². The van der Waals surface area contributed by atoms with Crippen molar-refractivity contribution in [3.05, 3.63) is 0 Å². The first-order valence-electron chi connectivity index (χ1n) is 4.97. The van der Waals surface area contributed by atoms with E-state index in [-0.39, 0.29) is 5.41 Å². The van der Waals surface area contributed by atoms with E-state index >= 15 is 0 Å². The van der Waals surface area contributed by atoms with E-state index in [2.05, 4.69) is 34.6 Å². The van der Waals surface area contributed by atoms with E-state index in [1.54, 1.807) is 0 Å². The van der Waals surface area contributed by atoms with Crippen molar-refractivity contribution in [3.63, 3.8) is 0 Å². The van der Waals surface area contributed by atoms with Crippen LogP contribution in [0.2, 0.25) is 0 Å². The zero-order chi connectivity index (χ0) is 10.6. The van der Waals surface area contributed by atoms with Gasteiger partial charge in [-0.2, -0.15) is 0 Å². The van der Waals surface area contributed by atoms with Crippen LogP contribution in [0, 0.1) is 17.3 Å². The van der Waals surface area contributed by atoms with Gasteiger partial charge < -0.3 is 5.11 Å². The Kier molecular flexibility index (Phi) is 4.45. The predicted molar refractivity (Wildman–Crippen MR) is 54.7 cm³/mol. The molecule has 0 heterocycles. The average Bonchev–Trinajstić information content (AvgIpc) is 1.81. The number of hydrogen-bond donors (Lipinski definition) is 1. The number of hydrogen-bond acceptors (Lipinski definition) is 1. The Hall–Kier alpha value is -0.530. The number of rotatable bonds is 4. The molecule has 0 amide bonds. The Morgan fingerprint density at radius 3 is 2.00 bits per heavy atom. The lowest BCUT2D eigenvalue weighted by Gasteiger charge is -2.33. The fraction of sp³-hybridized carbons (Fsp3) is 0.909. The van der Waals surface area contributed by atoms with Crippen LogP contribution in [0.4, 0.5) is 0 Å². The molecule has 0 bridgehead atoms. The molecule has 0 rings (SSSR count). The van der Waals surface area contributed by atoms with Crippen molar-refractivity contribution in [3.8, 4) is 0 Å². The smallest absolute Gasteiger partial charge is 0.303 e. The third kappa shape index (κ3) is 4.91. The van der Waals surface area contributed by atoms with E-state index in [4.69, 9.17) is 5.11 Å². The summed E-state index contributed by atoms with van der Waals surface area (Å²) in [5.41, 5.74) is 0.212. The van der Waals surface area contributed by atoms with Gasteiger partial charge in [-0.15, -0.1) is 0 Å².